The minimum absolute atomic E-state index is 0.338. The quantitative estimate of drug-likeness (QED) is 0.855. The summed E-state index contributed by atoms with van der Waals surface area (Å²) >= 11 is 0. The van der Waals surface area contributed by atoms with E-state index in [-0.39, 0.29) is 0 Å². The standard InChI is InChI=1S/C17H19NO3/c1-12-10-14(8-9-16(12)21-2)18-11-15(17(19)20)13-6-4-3-5-7-13/h3-10,15,18H,11H2,1-2H3,(H,19,20). The summed E-state index contributed by atoms with van der Waals surface area (Å²) < 4.78 is 5.21. The van der Waals surface area contributed by atoms with E-state index in [9.17, 15) is 9.90 Å². The number of hydrogen-bond acceptors (Lipinski definition) is 3. The van der Waals surface area contributed by atoms with Gasteiger partial charge in [0.25, 0.3) is 0 Å². The molecule has 0 aliphatic heterocycles. The first-order chi connectivity index (χ1) is 10.1. The van der Waals surface area contributed by atoms with Gasteiger partial charge in [0.15, 0.2) is 0 Å². The summed E-state index contributed by atoms with van der Waals surface area (Å²) in [4.78, 5) is 11.4. The molecule has 2 rings (SSSR count). The van der Waals surface area contributed by atoms with Crippen LogP contribution in [-0.2, 0) is 4.79 Å². The van der Waals surface area contributed by atoms with E-state index in [1.165, 1.54) is 0 Å². The second kappa shape index (κ2) is 6.79. The van der Waals surface area contributed by atoms with E-state index in [4.69, 9.17) is 4.74 Å². The molecule has 1 atom stereocenters. The number of ether oxygens (including phenoxy) is 1. The summed E-state index contributed by atoms with van der Waals surface area (Å²) in [5.41, 5.74) is 2.69. The number of benzene rings is 2. The average Bonchev–Trinajstić information content (AvgIpc) is 2.48. The number of carboxylic acids is 1. The number of hydrogen-bond donors (Lipinski definition) is 2. The largest absolute Gasteiger partial charge is 0.496 e. The molecule has 0 saturated carbocycles. The third kappa shape index (κ3) is 3.75. The molecule has 2 N–H and O–H groups in total. The molecule has 2 aromatic carbocycles. The topological polar surface area (TPSA) is 58.6 Å². The highest BCUT2D eigenvalue weighted by atomic mass is 16.5. The smallest absolute Gasteiger partial charge is 0.312 e. The number of aliphatic carboxylic acids is 1. The van der Waals surface area contributed by atoms with Crippen LogP contribution >= 0.6 is 0 Å². The zero-order chi connectivity index (χ0) is 15.2. The number of methoxy groups -OCH3 is 1. The molecule has 4 heteroatoms. The molecule has 0 aliphatic carbocycles. The number of rotatable bonds is 6. The summed E-state index contributed by atoms with van der Waals surface area (Å²) in [5.74, 6) is -0.592. The second-order valence-electron chi connectivity index (χ2n) is 4.87. The van der Waals surface area contributed by atoms with E-state index in [1.807, 2.05) is 55.5 Å². The van der Waals surface area contributed by atoms with Gasteiger partial charge in [0.05, 0.1) is 13.0 Å². The maximum absolute atomic E-state index is 11.4. The summed E-state index contributed by atoms with van der Waals surface area (Å²) in [7, 11) is 1.63. The second-order valence-corrected chi connectivity index (χ2v) is 4.87. The average molecular weight is 285 g/mol. The monoisotopic (exact) mass is 285 g/mol. The van der Waals surface area contributed by atoms with Crippen molar-refractivity contribution in [2.24, 2.45) is 0 Å². The molecule has 1 unspecified atom stereocenters. The Morgan fingerprint density at radius 3 is 2.52 bits per heavy atom. The third-order valence-corrected chi connectivity index (χ3v) is 3.41. The molecular formula is C17H19NO3. The lowest BCUT2D eigenvalue weighted by molar-refractivity contribution is -0.138. The van der Waals surface area contributed by atoms with Crippen LogP contribution in [0.5, 0.6) is 5.75 Å². The Morgan fingerprint density at radius 1 is 1.24 bits per heavy atom. The molecule has 0 amide bonds. The summed E-state index contributed by atoms with van der Waals surface area (Å²) in [6, 6.07) is 14.9. The third-order valence-electron chi connectivity index (χ3n) is 3.41. The first kappa shape index (κ1) is 14.9. The van der Waals surface area contributed by atoms with Crippen LogP contribution in [0, 0.1) is 6.92 Å². The molecule has 4 nitrogen and oxygen atoms in total. The van der Waals surface area contributed by atoms with Gasteiger partial charge in [-0.1, -0.05) is 30.3 Å². The zero-order valence-corrected chi connectivity index (χ0v) is 12.2. The van der Waals surface area contributed by atoms with Crippen LogP contribution in [0.3, 0.4) is 0 Å². The van der Waals surface area contributed by atoms with E-state index < -0.39 is 11.9 Å². The Labute approximate surface area is 124 Å². The van der Waals surface area contributed by atoms with Crippen molar-refractivity contribution in [3.05, 3.63) is 59.7 Å². The SMILES string of the molecule is COc1ccc(NCC(C(=O)O)c2ccccc2)cc1C. The fourth-order valence-corrected chi connectivity index (χ4v) is 2.24. The summed E-state index contributed by atoms with van der Waals surface area (Å²) in [6.45, 7) is 2.29. The molecule has 0 aromatic heterocycles. The van der Waals surface area contributed by atoms with Crippen molar-refractivity contribution in [3.8, 4) is 5.75 Å². The van der Waals surface area contributed by atoms with Crippen LogP contribution in [0.1, 0.15) is 17.0 Å². The highest BCUT2D eigenvalue weighted by molar-refractivity contribution is 5.77. The molecule has 0 heterocycles. The first-order valence-electron chi connectivity index (χ1n) is 6.78. The minimum Gasteiger partial charge on any atom is -0.496 e. The lowest BCUT2D eigenvalue weighted by Crippen LogP contribution is -2.20. The maximum atomic E-state index is 11.4. The molecule has 2 aromatic rings. The van der Waals surface area contributed by atoms with E-state index in [0.717, 1.165) is 22.6 Å². The van der Waals surface area contributed by atoms with Gasteiger partial charge in [-0.3, -0.25) is 4.79 Å². The van der Waals surface area contributed by atoms with Gasteiger partial charge in [-0.05, 0) is 36.2 Å². The van der Waals surface area contributed by atoms with Gasteiger partial charge in [-0.2, -0.15) is 0 Å². The molecule has 0 saturated heterocycles. The predicted octanol–water partition coefficient (Wildman–Crippen LogP) is 3.28. The van der Waals surface area contributed by atoms with Crippen molar-refractivity contribution in [1.29, 1.82) is 0 Å². The van der Waals surface area contributed by atoms with Crippen molar-refractivity contribution >= 4 is 11.7 Å². The normalized spacial score (nSPS) is 11.7. The van der Waals surface area contributed by atoms with Crippen molar-refractivity contribution in [2.75, 3.05) is 19.0 Å². The Hall–Kier alpha value is -2.49. The Kier molecular flexibility index (Phi) is 4.82. The number of aryl methyl sites for hydroxylation is 1. The summed E-state index contributed by atoms with van der Waals surface area (Å²) in [5, 5.41) is 12.6. The number of carbonyl (C=O) groups is 1. The Bertz CT molecular complexity index is 611. The van der Waals surface area contributed by atoms with E-state index >= 15 is 0 Å². The zero-order valence-electron chi connectivity index (χ0n) is 12.2. The highest BCUT2D eigenvalue weighted by Gasteiger charge is 2.19. The number of carboxylic acid groups (broad SMARTS) is 1. The van der Waals surface area contributed by atoms with Gasteiger partial charge in [0.2, 0.25) is 0 Å². The molecule has 0 spiro atoms. The minimum atomic E-state index is -0.834. The van der Waals surface area contributed by atoms with Crippen molar-refractivity contribution in [2.45, 2.75) is 12.8 Å². The van der Waals surface area contributed by atoms with Gasteiger partial charge >= 0.3 is 5.97 Å². The van der Waals surface area contributed by atoms with Crippen LogP contribution in [0.4, 0.5) is 5.69 Å². The lowest BCUT2D eigenvalue weighted by atomic mass is 9.99. The highest BCUT2D eigenvalue weighted by Crippen LogP contribution is 2.23. The maximum Gasteiger partial charge on any atom is 0.312 e. The fraction of sp³-hybridized carbons (Fsp3) is 0.235. The number of nitrogens with one attached hydrogen (secondary N) is 1. The van der Waals surface area contributed by atoms with Crippen molar-refractivity contribution < 1.29 is 14.6 Å². The molecule has 0 aliphatic rings. The Balaban J connectivity index is 2.09. The molecular weight excluding hydrogens is 266 g/mol. The lowest BCUT2D eigenvalue weighted by Gasteiger charge is -2.15. The summed E-state index contributed by atoms with van der Waals surface area (Å²) in [6.07, 6.45) is 0. The first-order valence-corrected chi connectivity index (χ1v) is 6.78. The van der Waals surface area contributed by atoms with Crippen LogP contribution in [0.25, 0.3) is 0 Å². The van der Waals surface area contributed by atoms with E-state index in [1.54, 1.807) is 7.11 Å². The van der Waals surface area contributed by atoms with Crippen LogP contribution < -0.4 is 10.1 Å². The molecule has 0 fully saturated rings. The van der Waals surface area contributed by atoms with Gasteiger partial charge in [-0.15, -0.1) is 0 Å². The molecule has 21 heavy (non-hydrogen) atoms. The van der Waals surface area contributed by atoms with Gasteiger partial charge < -0.3 is 15.2 Å². The van der Waals surface area contributed by atoms with Gasteiger partial charge in [0, 0.05) is 12.2 Å². The van der Waals surface area contributed by atoms with E-state index in [2.05, 4.69) is 5.32 Å². The van der Waals surface area contributed by atoms with Crippen molar-refractivity contribution in [3.63, 3.8) is 0 Å². The molecule has 0 bridgehead atoms. The van der Waals surface area contributed by atoms with Gasteiger partial charge in [-0.25, -0.2) is 0 Å². The van der Waals surface area contributed by atoms with Crippen LogP contribution in [0.15, 0.2) is 48.5 Å². The van der Waals surface area contributed by atoms with Gasteiger partial charge in [0.1, 0.15) is 5.75 Å². The van der Waals surface area contributed by atoms with E-state index in [0.29, 0.717) is 6.54 Å². The predicted molar refractivity (Wildman–Crippen MR) is 83.0 cm³/mol. The Morgan fingerprint density at radius 2 is 1.95 bits per heavy atom. The fourth-order valence-electron chi connectivity index (χ4n) is 2.24. The van der Waals surface area contributed by atoms with Crippen LogP contribution in [-0.4, -0.2) is 24.7 Å². The number of anilines is 1. The molecule has 0 radical (unpaired) electrons. The van der Waals surface area contributed by atoms with Crippen molar-refractivity contribution in [1.82, 2.24) is 0 Å². The molecule has 110 valence electrons. The van der Waals surface area contributed by atoms with Crippen LogP contribution in [0.2, 0.25) is 0 Å².